The van der Waals surface area contributed by atoms with Crippen molar-refractivity contribution in [3.63, 3.8) is 0 Å². The van der Waals surface area contributed by atoms with E-state index in [4.69, 9.17) is 9.41 Å². The molecule has 0 fully saturated rings. The van der Waals surface area contributed by atoms with Crippen LogP contribution in [0.3, 0.4) is 0 Å². The Kier molecular flexibility index (Phi) is 7.24. The van der Waals surface area contributed by atoms with Crippen molar-refractivity contribution in [1.82, 2.24) is 15.2 Å². The maximum absolute atomic E-state index is 6.57. The SMILES string of the molecule is c1ccc(C2=NC(c3ccccc3)NC(c3ccc4oc5cc(-c6cccc7c6sc6ccc(-n8c9ccccc9c9ccccc98)cc67)ccc5c4c3)N2)cc1. The highest BCUT2D eigenvalue weighted by Gasteiger charge is 2.26. The summed E-state index contributed by atoms with van der Waals surface area (Å²) < 4.78 is 11.5. The maximum atomic E-state index is 6.57. The Morgan fingerprint density at radius 3 is 2.05 bits per heavy atom. The first-order valence-corrected chi connectivity index (χ1v) is 20.2. The van der Waals surface area contributed by atoms with E-state index in [0.717, 1.165) is 50.0 Å². The van der Waals surface area contributed by atoms with Crippen molar-refractivity contribution < 1.29 is 4.42 Å². The number of para-hydroxylation sites is 2. The Bertz CT molecular complexity index is 3320. The van der Waals surface area contributed by atoms with Gasteiger partial charge in [0.15, 0.2) is 0 Å². The third-order valence-corrected chi connectivity index (χ3v) is 12.7. The number of thiophene rings is 1. The van der Waals surface area contributed by atoms with E-state index in [9.17, 15) is 0 Å². The summed E-state index contributed by atoms with van der Waals surface area (Å²) in [6, 6.07) is 64.9. The van der Waals surface area contributed by atoms with Gasteiger partial charge in [0.1, 0.15) is 29.3 Å². The first-order chi connectivity index (χ1) is 28.2. The van der Waals surface area contributed by atoms with Crippen LogP contribution in [0.4, 0.5) is 0 Å². The molecule has 3 aromatic heterocycles. The average Bonchev–Trinajstić information content (AvgIpc) is 3.95. The number of benzene rings is 8. The lowest BCUT2D eigenvalue weighted by Gasteiger charge is -2.32. The second-order valence-electron chi connectivity index (χ2n) is 14.8. The number of rotatable bonds is 5. The number of furan rings is 1. The topological polar surface area (TPSA) is 54.5 Å². The van der Waals surface area contributed by atoms with E-state index < -0.39 is 0 Å². The van der Waals surface area contributed by atoms with E-state index in [1.54, 1.807) is 0 Å². The van der Waals surface area contributed by atoms with Crippen molar-refractivity contribution in [3.8, 4) is 16.8 Å². The number of hydrogen-bond donors (Lipinski definition) is 2. The first-order valence-electron chi connectivity index (χ1n) is 19.3. The first kappa shape index (κ1) is 32.3. The molecule has 0 spiro atoms. The predicted octanol–water partition coefficient (Wildman–Crippen LogP) is 13.1. The van der Waals surface area contributed by atoms with Gasteiger partial charge in [-0.25, -0.2) is 4.99 Å². The minimum atomic E-state index is -0.191. The van der Waals surface area contributed by atoms with Crippen molar-refractivity contribution in [1.29, 1.82) is 0 Å². The minimum Gasteiger partial charge on any atom is -0.456 e. The summed E-state index contributed by atoms with van der Waals surface area (Å²) in [5.74, 6) is 0.869. The van der Waals surface area contributed by atoms with E-state index in [1.807, 2.05) is 23.5 Å². The summed E-state index contributed by atoms with van der Waals surface area (Å²) in [5.41, 5.74) is 11.0. The van der Waals surface area contributed by atoms with Crippen LogP contribution in [0.25, 0.3) is 80.7 Å². The Hall–Kier alpha value is -6.99. The molecule has 0 radical (unpaired) electrons. The van der Waals surface area contributed by atoms with Crippen LogP contribution >= 0.6 is 11.3 Å². The molecule has 0 amide bonds. The molecule has 0 saturated carbocycles. The molecule has 270 valence electrons. The summed E-state index contributed by atoms with van der Waals surface area (Å²) in [5, 5.41) is 14.7. The van der Waals surface area contributed by atoms with E-state index in [-0.39, 0.29) is 12.3 Å². The molecule has 2 N–H and O–H groups in total. The van der Waals surface area contributed by atoms with E-state index in [2.05, 4.69) is 185 Å². The number of amidine groups is 1. The number of hydrogen-bond acceptors (Lipinski definition) is 5. The minimum absolute atomic E-state index is 0.155. The Morgan fingerprint density at radius 1 is 0.509 bits per heavy atom. The standard InChI is InChI=1S/C51H34N4OS/c1-3-12-31(13-4-1)49-52-50(32-14-5-2-6-15-32)54-51(53-49)34-23-26-45-41(28-34)39-25-22-33(29-46(39)56-45)36-18-11-19-40-42-30-35(24-27-47(42)57-48(36)40)55-43-20-9-7-16-37(43)38-17-8-10-21-44(38)55/h1-30,49,51,53H,(H,52,54). The van der Waals surface area contributed by atoms with Gasteiger partial charge in [0, 0.05) is 53.0 Å². The number of nitrogens with one attached hydrogen (secondary N) is 2. The Labute approximate surface area is 332 Å². The van der Waals surface area contributed by atoms with Crippen LogP contribution in [0.15, 0.2) is 191 Å². The van der Waals surface area contributed by atoms with Gasteiger partial charge in [0.2, 0.25) is 0 Å². The van der Waals surface area contributed by atoms with Gasteiger partial charge in [-0.2, -0.15) is 0 Å². The highest BCUT2D eigenvalue weighted by Crippen LogP contribution is 2.43. The largest absolute Gasteiger partial charge is 0.456 e. The lowest BCUT2D eigenvalue weighted by molar-refractivity contribution is 0.409. The molecule has 1 aliphatic rings. The molecule has 0 saturated heterocycles. The zero-order valence-corrected chi connectivity index (χ0v) is 31.5. The summed E-state index contributed by atoms with van der Waals surface area (Å²) in [6.07, 6.45) is -0.346. The van der Waals surface area contributed by atoms with Gasteiger partial charge < -0.3 is 14.3 Å². The second-order valence-corrected chi connectivity index (χ2v) is 15.9. The molecule has 1 aliphatic heterocycles. The van der Waals surface area contributed by atoms with Crippen LogP contribution in [-0.2, 0) is 0 Å². The summed E-state index contributed by atoms with van der Waals surface area (Å²) in [7, 11) is 0. The fourth-order valence-electron chi connectivity index (χ4n) is 8.77. The second kappa shape index (κ2) is 12.8. The molecule has 6 heteroatoms. The van der Waals surface area contributed by atoms with Gasteiger partial charge in [-0.15, -0.1) is 11.3 Å². The van der Waals surface area contributed by atoms with E-state index in [1.165, 1.54) is 53.2 Å². The van der Waals surface area contributed by atoms with Crippen molar-refractivity contribution in [2.24, 2.45) is 4.99 Å². The van der Waals surface area contributed by atoms with E-state index >= 15 is 0 Å². The molecule has 12 rings (SSSR count). The van der Waals surface area contributed by atoms with Crippen LogP contribution in [0, 0.1) is 0 Å². The molecular weight excluding hydrogens is 717 g/mol. The smallest absolute Gasteiger partial charge is 0.136 e. The fourth-order valence-corrected chi connectivity index (χ4v) is 9.99. The average molecular weight is 751 g/mol. The number of aliphatic imine (C=N–C) groups is 1. The van der Waals surface area contributed by atoms with Crippen LogP contribution in [0.1, 0.15) is 29.0 Å². The highest BCUT2D eigenvalue weighted by molar-refractivity contribution is 7.26. The lowest BCUT2D eigenvalue weighted by atomic mass is 10.0. The monoisotopic (exact) mass is 750 g/mol. The van der Waals surface area contributed by atoms with Crippen LogP contribution in [0.5, 0.6) is 0 Å². The predicted molar refractivity (Wildman–Crippen MR) is 238 cm³/mol. The van der Waals surface area contributed by atoms with Gasteiger partial charge >= 0.3 is 0 Å². The third-order valence-electron chi connectivity index (χ3n) is 11.5. The number of nitrogens with zero attached hydrogens (tertiary/aromatic N) is 2. The molecule has 5 nitrogen and oxygen atoms in total. The fraction of sp³-hybridized carbons (Fsp3) is 0.0392. The van der Waals surface area contributed by atoms with Crippen LogP contribution in [-0.4, -0.2) is 10.4 Å². The van der Waals surface area contributed by atoms with Crippen LogP contribution < -0.4 is 10.6 Å². The lowest BCUT2D eigenvalue weighted by Crippen LogP contribution is -2.44. The molecule has 2 unspecified atom stereocenters. The zero-order chi connectivity index (χ0) is 37.5. The summed E-state index contributed by atoms with van der Waals surface area (Å²) in [4.78, 5) is 5.09. The molecule has 0 aliphatic carbocycles. The maximum Gasteiger partial charge on any atom is 0.136 e. The normalized spacial score (nSPS) is 15.9. The van der Waals surface area contributed by atoms with Crippen molar-refractivity contribution in [2.75, 3.05) is 0 Å². The van der Waals surface area contributed by atoms with Gasteiger partial charge in [-0.1, -0.05) is 127 Å². The van der Waals surface area contributed by atoms with Gasteiger partial charge in [0.25, 0.3) is 0 Å². The third kappa shape index (κ3) is 5.22. The molecule has 0 bridgehead atoms. The number of fused-ring (bicyclic) bond motifs is 9. The Balaban J connectivity index is 0.922. The molecule has 4 heterocycles. The highest BCUT2D eigenvalue weighted by atomic mass is 32.1. The molecular formula is C51H34N4OS. The quantitative estimate of drug-likeness (QED) is 0.184. The Morgan fingerprint density at radius 2 is 1.25 bits per heavy atom. The van der Waals surface area contributed by atoms with Crippen molar-refractivity contribution >= 4 is 81.1 Å². The van der Waals surface area contributed by atoms with Crippen molar-refractivity contribution in [3.05, 3.63) is 199 Å². The summed E-state index contributed by atoms with van der Waals surface area (Å²) in [6.45, 7) is 0. The van der Waals surface area contributed by atoms with Crippen LogP contribution in [0.2, 0.25) is 0 Å². The molecule has 57 heavy (non-hydrogen) atoms. The van der Waals surface area contributed by atoms with Gasteiger partial charge in [0.05, 0.1) is 11.0 Å². The molecule has 8 aromatic carbocycles. The van der Waals surface area contributed by atoms with Crippen molar-refractivity contribution in [2.45, 2.75) is 12.3 Å². The van der Waals surface area contributed by atoms with Gasteiger partial charge in [-0.05, 0) is 76.9 Å². The molecule has 2 atom stereocenters. The number of aromatic nitrogens is 1. The van der Waals surface area contributed by atoms with E-state index in [0.29, 0.717) is 0 Å². The summed E-state index contributed by atoms with van der Waals surface area (Å²) >= 11 is 1.86. The van der Waals surface area contributed by atoms with Gasteiger partial charge in [-0.3, -0.25) is 5.32 Å². The zero-order valence-electron chi connectivity index (χ0n) is 30.7. The molecule has 11 aromatic rings.